The summed E-state index contributed by atoms with van der Waals surface area (Å²) in [4.78, 5) is 14.3. The topological polar surface area (TPSA) is 41.6 Å². The zero-order valence-electron chi connectivity index (χ0n) is 12.1. The van der Waals surface area contributed by atoms with Crippen molar-refractivity contribution in [3.63, 3.8) is 0 Å². The number of nitrogens with zero attached hydrogens (tertiary/aromatic N) is 1. The van der Waals surface area contributed by atoms with Crippen LogP contribution in [-0.2, 0) is 4.79 Å². The lowest BCUT2D eigenvalue weighted by molar-refractivity contribution is -0.118. The van der Waals surface area contributed by atoms with E-state index in [0.29, 0.717) is 6.04 Å². The Morgan fingerprint density at radius 1 is 1.42 bits per heavy atom. The number of amides is 1. The first kappa shape index (κ1) is 13.9. The third-order valence-corrected chi connectivity index (χ3v) is 3.43. The van der Waals surface area contributed by atoms with Crippen LogP contribution >= 0.6 is 0 Å². The number of hydrogen-bond donors (Lipinski definition) is 1. The van der Waals surface area contributed by atoms with Crippen molar-refractivity contribution in [1.82, 2.24) is 5.32 Å². The van der Waals surface area contributed by atoms with E-state index in [1.807, 2.05) is 30.0 Å². The zero-order valence-corrected chi connectivity index (χ0v) is 12.1. The first-order valence-corrected chi connectivity index (χ1v) is 6.75. The molecule has 1 heterocycles. The third kappa shape index (κ3) is 2.89. The molecule has 0 radical (unpaired) electrons. The van der Waals surface area contributed by atoms with Crippen LogP contribution in [0.1, 0.15) is 25.8 Å². The highest BCUT2D eigenvalue weighted by atomic mass is 16.5. The number of ether oxygens (including phenoxy) is 1. The van der Waals surface area contributed by atoms with Crippen LogP contribution in [0.4, 0.5) is 5.69 Å². The number of benzene rings is 1. The molecule has 1 unspecified atom stereocenters. The summed E-state index contributed by atoms with van der Waals surface area (Å²) >= 11 is 0. The van der Waals surface area contributed by atoms with E-state index >= 15 is 0 Å². The molecule has 1 N–H and O–H groups in total. The zero-order chi connectivity index (χ0) is 14.0. The minimum absolute atomic E-state index is 0.0542. The monoisotopic (exact) mass is 262 g/mol. The van der Waals surface area contributed by atoms with Gasteiger partial charge in [-0.25, -0.2) is 0 Å². The lowest BCUT2D eigenvalue weighted by Crippen LogP contribution is -2.41. The van der Waals surface area contributed by atoms with Crippen LogP contribution in [0.25, 0.3) is 0 Å². The van der Waals surface area contributed by atoms with E-state index in [1.165, 1.54) is 0 Å². The van der Waals surface area contributed by atoms with Gasteiger partial charge >= 0.3 is 0 Å². The summed E-state index contributed by atoms with van der Waals surface area (Å²) in [5, 5.41) is 3.32. The molecule has 4 heteroatoms. The minimum atomic E-state index is -0.0542. The van der Waals surface area contributed by atoms with Gasteiger partial charge in [0.2, 0.25) is 5.91 Å². The molecule has 1 atom stereocenters. The predicted molar refractivity (Wildman–Crippen MR) is 76.8 cm³/mol. The number of rotatable bonds is 4. The van der Waals surface area contributed by atoms with Crippen LogP contribution in [0.5, 0.6) is 5.75 Å². The maximum absolute atomic E-state index is 12.4. The van der Waals surface area contributed by atoms with E-state index in [-0.39, 0.29) is 11.9 Å². The molecule has 0 spiro atoms. The Morgan fingerprint density at radius 3 is 2.74 bits per heavy atom. The van der Waals surface area contributed by atoms with Gasteiger partial charge in [0.1, 0.15) is 5.75 Å². The van der Waals surface area contributed by atoms with Crippen LogP contribution in [-0.4, -0.2) is 31.6 Å². The molecule has 1 aliphatic heterocycles. The van der Waals surface area contributed by atoms with Crippen molar-refractivity contribution in [3.05, 3.63) is 23.8 Å². The van der Waals surface area contributed by atoms with Crippen LogP contribution in [0, 0.1) is 6.92 Å². The molecule has 0 bridgehead atoms. The Hall–Kier alpha value is -1.55. The lowest BCUT2D eigenvalue weighted by atomic mass is 10.1. The maximum atomic E-state index is 12.4. The molecule has 0 aromatic heterocycles. The van der Waals surface area contributed by atoms with Gasteiger partial charge in [0, 0.05) is 18.3 Å². The largest absolute Gasteiger partial charge is 0.497 e. The average molecular weight is 262 g/mol. The van der Waals surface area contributed by atoms with Gasteiger partial charge < -0.3 is 15.0 Å². The molecule has 19 heavy (non-hydrogen) atoms. The molecule has 1 amide bonds. The van der Waals surface area contributed by atoms with E-state index in [2.05, 4.69) is 19.2 Å². The van der Waals surface area contributed by atoms with Crippen molar-refractivity contribution in [2.24, 2.45) is 0 Å². The average Bonchev–Trinajstić information content (AvgIpc) is 2.70. The number of hydrogen-bond acceptors (Lipinski definition) is 3. The van der Waals surface area contributed by atoms with Crippen molar-refractivity contribution in [3.8, 4) is 5.75 Å². The number of aryl methyl sites for hydroxylation is 1. The van der Waals surface area contributed by atoms with Crippen molar-refractivity contribution >= 4 is 11.6 Å². The molecular weight excluding hydrogens is 240 g/mol. The van der Waals surface area contributed by atoms with Gasteiger partial charge in [-0.2, -0.15) is 0 Å². The van der Waals surface area contributed by atoms with E-state index in [0.717, 1.165) is 30.0 Å². The van der Waals surface area contributed by atoms with E-state index in [9.17, 15) is 4.79 Å². The van der Waals surface area contributed by atoms with Crippen molar-refractivity contribution in [2.75, 3.05) is 18.6 Å². The second-order valence-corrected chi connectivity index (χ2v) is 5.30. The number of methoxy groups -OCH3 is 1. The molecule has 0 aliphatic carbocycles. The molecular formula is C15H22N2O2. The fourth-order valence-electron chi connectivity index (χ4n) is 2.53. The van der Waals surface area contributed by atoms with Crippen molar-refractivity contribution < 1.29 is 9.53 Å². The molecule has 1 fully saturated rings. The van der Waals surface area contributed by atoms with Crippen LogP contribution < -0.4 is 15.0 Å². The normalized spacial score (nSPS) is 19.3. The Morgan fingerprint density at radius 2 is 2.16 bits per heavy atom. The molecule has 0 saturated carbocycles. The van der Waals surface area contributed by atoms with Gasteiger partial charge in [-0.15, -0.1) is 0 Å². The molecule has 1 aliphatic rings. The Balaban J connectivity index is 2.17. The van der Waals surface area contributed by atoms with Crippen LogP contribution in [0.3, 0.4) is 0 Å². The highest BCUT2D eigenvalue weighted by Crippen LogP contribution is 2.28. The highest BCUT2D eigenvalue weighted by Gasteiger charge is 2.33. The SMILES string of the molecule is COc1ccc(N2CCC(NC(C)C)C2=O)c(C)c1. The summed E-state index contributed by atoms with van der Waals surface area (Å²) in [5.74, 6) is 0.992. The fraction of sp³-hybridized carbons (Fsp3) is 0.533. The second kappa shape index (κ2) is 5.61. The molecule has 1 aromatic rings. The van der Waals surface area contributed by atoms with Gasteiger partial charge in [-0.05, 0) is 37.1 Å². The third-order valence-electron chi connectivity index (χ3n) is 3.43. The first-order chi connectivity index (χ1) is 9.02. The summed E-state index contributed by atoms with van der Waals surface area (Å²) in [5.41, 5.74) is 2.05. The molecule has 1 aromatic carbocycles. The highest BCUT2D eigenvalue weighted by molar-refractivity contribution is 6.00. The van der Waals surface area contributed by atoms with E-state index in [4.69, 9.17) is 4.74 Å². The van der Waals surface area contributed by atoms with Gasteiger partial charge in [-0.3, -0.25) is 4.79 Å². The quantitative estimate of drug-likeness (QED) is 0.903. The summed E-state index contributed by atoms with van der Waals surface area (Å²) < 4.78 is 5.20. The first-order valence-electron chi connectivity index (χ1n) is 6.75. The predicted octanol–water partition coefficient (Wildman–Crippen LogP) is 2.11. The smallest absolute Gasteiger partial charge is 0.244 e. The lowest BCUT2D eigenvalue weighted by Gasteiger charge is -2.20. The molecule has 2 rings (SSSR count). The Kier molecular flexibility index (Phi) is 4.10. The van der Waals surface area contributed by atoms with Crippen LogP contribution in [0.15, 0.2) is 18.2 Å². The fourth-order valence-corrected chi connectivity index (χ4v) is 2.53. The number of anilines is 1. The summed E-state index contributed by atoms with van der Waals surface area (Å²) in [6, 6.07) is 6.10. The van der Waals surface area contributed by atoms with Crippen molar-refractivity contribution in [1.29, 1.82) is 0 Å². The summed E-state index contributed by atoms with van der Waals surface area (Å²) in [6.45, 7) is 6.91. The number of carbonyl (C=O) groups is 1. The molecule has 1 saturated heterocycles. The molecule has 104 valence electrons. The summed E-state index contributed by atoms with van der Waals surface area (Å²) in [6.07, 6.45) is 0.864. The number of carbonyl (C=O) groups excluding carboxylic acids is 1. The minimum Gasteiger partial charge on any atom is -0.497 e. The summed E-state index contributed by atoms with van der Waals surface area (Å²) in [7, 11) is 1.65. The molecule has 4 nitrogen and oxygen atoms in total. The van der Waals surface area contributed by atoms with Gasteiger partial charge in [0.15, 0.2) is 0 Å². The van der Waals surface area contributed by atoms with Crippen LogP contribution in [0.2, 0.25) is 0 Å². The number of nitrogens with one attached hydrogen (secondary N) is 1. The van der Waals surface area contributed by atoms with E-state index in [1.54, 1.807) is 7.11 Å². The van der Waals surface area contributed by atoms with Gasteiger partial charge in [0.05, 0.1) is 13.2 Å². The van der Waals surface area contributed by atoms with Gasteiger partial charge in [-0.1, -0.05) is 13.8 Å². The van der Waals surface area contributed by atoms with Crippen molar-refractivity contribution in [2.45, 2.75) is 39.3 Å². The maximum Gasteiger partial charge on any atom is 0.244 e. The second-order valence-electron chi connectivity index (χ2n) is 5.30. The van der Waals surface area contributed by atoms with Gasteiger partial charge in [0.25, 0.3) is 0 Å². The Bertz CT molecular complexity index is 471. The standard InChI is InChI=1S/C15H22N2O2/c1-10(2)16-13-7-8-17(15(13)18)14-6-5-12(19-4)9-11(14)3/h5-6,9-10,13,16H,7-8H2,1-4H3. The van der Waals surface area contributed by atoms with E-state index < -0.39 is 0 Å². The Labute approximate surface area is 114 Å².